The highest BCUT2D eigenvalue weighted by Crippen LogP contribution is 2.31. The third kappa shape index (κ3) is 3.16. The molecule has 1 aliphatic rings. The van der Waals surface area contributed by atoms with E-state index in [0.717, 1.165) is 10.8 Å². The second-order valence-electron chi connectivity index (χ2n) is 4.39. The predicted octanol–water partition coefficient (Wildman–Crippen LogP) is 3.84. The van der Waals surface area contributed by atoms with Crippen molar-refractivity contribution >= 4 is 23.4 Å². The molecular weight excluding hydrogens is 238 g/mol. The highest BCUT2D eigenvalue weighted by molar-refractivity contribution is 7.99. The maximum Gasteiger partial charge on any atom is 0.0446 e. The molecule has 1 nitrogen and oxygen atoms in total. The third-order valence-electron chi connectivity index (χ3n) is 3.16. The van der Waals surface area contributed by atoms with E-state index in [4.69, 9.17) is 17.3 Å². The fourth-order valence-electron chi connectivity index (χ4n) is 2.14. The van der Waals surface area contributed by atoms with Gasteiger partial charge in [0.25, 0.3) is 0 Å². The molecule has 0 radical (unpaired) electrons. The second kappa shape index (κ2) is 5.95. The smallest absolute Gasteiger partial charge is 0.0446 e. The van der Waals surface area contributed by atoms with Gasteiger partial charge in [-0.1, -0.05) is 42.6 Å². The van der Waals surface area contributed by atoms with Crippen molar-refractivity contribution in [3.8, 4) is 0 Å². The summed E-state index contributed by atoms with van der Waals surface area (Å²) >= 11 is 8.10. The molecule has 1 aliphatic carbocycles. The Bertz CT molecular complexity index is 342. The van der Waals surface area contributed by atoms with Crippen LogP contribution in [0.25, 0.3) is 0 Å². The monoisotopic (exact) mass is 255 g/mol. The molecule has 1 aromatic carbocycles. The standard InChI is InChI=1S/C13H18ClNS/c14-11-6-2-1-5-10(11)9-16-13-8-4-3-7-12(13)15/h1-2,5-6,12-13H,3-4,7-9,15H2. The van der Waals surface area contributed by atoms with E-state index in [1.54, 1.807) is 0 Å². The van der Waals surface area contributed by atoms with Gasteiger partial charge in [0, 0.05) is 22.1 Å². The van der Waals surface area contributed by atoms with Gasteiger partial charge < -0.3 is 5.73 Å². The largest absolute Gasteiger partial charge is 0.327 e. The Morgan fingerprint density at radius 2 is 2.00 bits per heavy atom. The van der Waals surface area contributed by atoms with E-state index in [-0.39, 0.29) is 0 Å². The van der Waals surface area contributed by atoms with Crippen LogP contribution >= 0.6 is 23.4 Å². The zero-order valence-electron chi connectivity index (χ0n) is 9.36. The first-order chi connectivity index (χ1) is 7.77. The van der Waals surface area contributed by atoms with Crippen molar-refractivity contribution in [2.45, 2.75) is 42.7 Å². The van der Waals surface area contributed by atoms with Gasteiger partial charge in [0.15, 0.2) is 0 Å². The molecule has 1 saturated carbocycles. The van der Waals surface area contributed by atoms with Crippen molar-refractivity contribution < 1.29 is 0 Å². The lowest BCUT2D eigenvalue weighted by molar-refractivity contribution is 0.453. The quantitative estimate of drug-likeness (QED) is 0.888. The number of nitrogens with two attached hydrogens (primary N) is 1. The molecule has 2 rings (SSSR count). The van der Waals surface area contributed by atoms with Crippen molar-refractivity contribution in [3.63, 3.8) is 0 Å². The minimum atomic E-state index is 0.376. The van der Waals surface area contributed by atoms with E-state index in [1.807, 2.05) is 30.0 Å². The summed E-state index contributed by atoms with van der Waals surface area (Å²) in [6, 6.07) is 8.45. The predicted molar refractivity (Wildman–Crippen MR) is 73.0 cm³/mol. The topological polar surface area (TPSA) is 26.0 Å². The molecule has 1 aromatic rings. The van der Waals surface area contributed by atoms with Crippen LogP contribution in [0.4, 0.5) is 0 Å². The van der Waals surface area contributed by atoms with Gasteiger partial charge in [-0.25, -0.2) is 0 Å². The molecule has 0 amide bonds. The Kier molecular flexibility index (Phi) is 4.56. The van der Waals surface area contributed by atoms with Crippen LogP contribution in [-0.2, 0) is 5.75 Å². The van der Waals surface area contributed by atoms with Gasteiger partial charge in [0.05, 0.1) is 0 Å². The first kappa shape index (κ1) is 12.3. The van der Waals surface area contributed by atoms with E-state index in [0.29, 0.717) is 11.3 Å². The van der Waals surface area contributed by atoms with Crippen LogP contribution in [0.3, 0.4) is 0 Å². The van der Waals surface area contributed by atoms with Gasteiger partial charge in [-0.3, -0.25) is 0 Å². The maximum atomic E-state index is 6.13. The molecule has 0 heterocycles. The summed E-state index contributed by atoms with van der Waals surface area (Å²) in [6.45, 7) is 0. The number of benzene rings is 1. The van der Waals surface area contributed by atoms with Gasteiger partial charge in [0.1, 0.15) is 0 Å². The van der Waals surface area contributed by atoms with Crippen LogP contribution in [0.5, 0.6) is 0 Å². The lowest BCUT2D eigenvalue weighted by atomic mass is 9.96. The van der Waals surface area contributed by atoms with E-state index < -0.39 is 0 Å². The molecule has 16 heavy (non-hydrogen) atoms. The highest BCUT2D eigenvalue weighted by Gasteiger charge is 2.22. The van der Waals surface area contributed by atoms with E-state index in [1.165, 1.54) is 31.2 Å². The Morgan fingerprint density at radius 3 is 2.75 bits per heavy atom. The zero-order chi connectivity index (χ0) is 11.4. The molecule has 0 bridgehead atoms. The van der Waals surface area contributed by atoms with Crippen molar-refractivity contribution in [2.24, 2.45) is 5.73 Å². The molecule has 2 N–H and O–H groups in total. The Morgan fingerprint density at radius 1 is 1.25 bits per heavy atom. The van der Waals surface area contributed by atoms with Gasteiger partial charge in [-0.15, -0.1) is 0 Å². The number of thioether (sulfide) groups is 1. The minimum absolute atomic E-state index is 0.376. The van der Waals surface area contributed by atoms with Gasteiger partial charge in [-0.2, -0.15) is 11.8 Å². The number of halogens is 1. The maximum absolute atomic E-state index is 6.13. The number of rotatable bonds is 3. The molecule has 0 spiro atoms. The van der Waals surface area contributed by atoms with Gasteiger partial charge in [0.2, 0.25) is 0 Å². The molecule has 0 aliphatic heterocycles. The van der Waals surface area contributed by atoms with Crippen LogP contribution in [0.2, 0.25) is 5.02 Å². The van der Waals surface area contributed by atoms with E-state index >= 15 is 0 Å². The molecule has 2 atom stereocenters. The SMILES string of the molecule is NC1CCCCC1SCc1ccccc1Cl. The molecule has 0 saturated heterocycles. The average Bonchev–Trinajstić information content (AvgIpc) is 2.30. The van der Waals surface area contributed by atoms with Crippen molar-refractivity contribution in [1.82, 2.24) is 0 Å². The second-order valence-corrected chi connectivity index (χ2v) is 6.02. The summed E-state index contributed by atoms with van der Waals surface area (Å²) in [6.07, 6.45) is 5.06. The summed E-state index contributed by atoms with van der Waals surface area (Å²) in [5.41, 5.74) is 7.36. The van der Waals surface area contributed by atoms with E-state index in [2.05, 4.69) is 6.07 Å². The first-order valence-corrected chi connectivity index (χ1v) is 7.30. The Hall–Kier alpha value is -0.180. The number of hydrogen-bond donors (Lipinski definition) is 1. The van der Waals surface area contributed by atoms with Crippen LogP contribution in [-0.4, -0.2) is 11.3 Å². The molecular formula is C13H18ClNS. The van der Waals surface area contributed by atoms with Gasteiger partial charge in [-0.05, 0) is 24.5 Å². The summed E-state index contributed by atoms with van der Waals surface area (Å²) in [7, 11) is 0. The van der Waals surface area contributed by atoms with Crippen LogP contribution < -0.4 is 5.73 Å². The summed E-state index contributed by atoms with van der Waals surface area (Å²) in [4.78, 5) is 0. The fraction of sp³-hybridized carbons (Fsp3) is 0.538. The highest BCUT2D eigenvalue weighted by atomic mass is 35.5. The lowest BCUT2D eigenvalue weighted by Gasteiger charge is -2.28. The minimum Gasteiger partial charge on any atom is -0.327 e. The van der Waals surface area contributed by atoms with Crippen LogP contribution in [0, 0.1) is 0 Å². The van der Waals surface area contributed by atoms with Crippen molar-refractivity contribution in [1.29, 1.82) is 0 Å². The fourth-order valence-corrected chi connectivity index (χ4v) is 3.79. The van der Waals surface area contributed by atoms with Crippen molar-refractivity contribution in [3.05, 3.63) is 34.9 Å². The van der Waals surface area contributed by atoms with Crippen LogP contribution in [0.15, 0.2) is 24.3 Å². The number of hydrogen-bond acceptors (Lipinski definition) is 2. The van der Waals surface area contributed by atoms with E-state index in [9.17, 15) is 0 Å². The van der Waals surface area contributed by atoms with Crippen molar-refractivity contribution in [2.75, 3.05) is 0 Å². The lowest BCUT2D eigenvalue weighted by Crippen LogP contribution is -2.35. The molecule has 3 heteroatoms. The van der Waals surface area contributed by atoms with Gasteiger partial charge >= 0.3 is 0 Å². The molecule has 0 aromatic heterocycles. The van der Waals surface area contributed by atoms with Crippen LogP contribution in [0.1, 0.15) is 31.2 Å². The summed E-state index contributed by atoms with van der Waals surface area (Å²) in [5.74, 6) is 0.984. The summed E-state index contributed by atoms with van der Waals surface area (Å²) in [5, 5.41) is 1.49. The Balaban J connectivity index is 1.89. The molecule has 1 fully saturated rings. The Labute approximate surface area is 107 Å². The molecule has 88 valence electrons. The normalized spacial score (nSPS) is 25.6. The molecule has 2 unspecified atom stereocenters. The average molecular weight is 256 g/mol. The third-order valence-corrected chi connectivity index (χ3v) is 5.02. The zero-order valence-corrected chi connectivity index (χ0v) is 10.9. The summed E-state index contributed by atoms with van der Waals surface area (Å²) < 4.78 is 0. The first-order valence-electron chi connectivity index (χ1n) is 5.88.